The first-order valence-corrected chi connectivity index (χ1v) is 12.3. The van der Waals surface area contributed by atoms with E-state index in [1.807, 2.05) is 72.8 Å². The fourth-order valence-corrected chi connectivity index (χ4v) is 4.87. The van der Waals surface area contributed by atoms with Gasteiger partial charge in [0.15, 0.2) is 6.10 Å². The molecular formula is C29H30N2O4. The van der Waals surface area contributed by atoms with Crippen LogP contribution in [0.1, 0.15) is 31.7 Å². The fraction of sp³-hybridized carbons (Fsp3) is 0.310. The van der Waals surface area contributed by atoms with Crippen LogP contribution in [-0.4, -0.2) is 30.6 Å². The van der Waals surface area contributed by atoms with E-state index in [1.165, 1.54) is 4.90 Å². The molecule has 5 rings (SSSR count). The van der Waals surface area contributed by atoms with E-state index in [4.69, 9.17) is 9.57 Å². The van der Waals surface area contributed by atoms with Gasteiger partial charge in [0.25, 0.3) is 5.91 Å². The highest BCUT2D eigenvalue weighted by Gasteiger charge is 2.59. The Kier molecular flexibility index (Phi) is 6.82. The lowest BCUT2D eigenvalue weighted by molar-refractivity contribution is -0.126. The number of amides is 2. The molecule has 0 spiro atoms. The van der Waals surface area contributed by atoms with Gasteiger partial charge in [-0.15, -0.1) is 0 Å². The summed E-state index contributed by atoms with van der Waals surface area (Å²) in [6, 6.07) is 26.5. The van der Waals surface area contributed by atoms with Crippen molar-refractivity contribution < 1.29 is 19.2 Å². The molecule has 0 bridgehead atoms. The number of rotatable bonds is 9. The first kappa shape index (κ1) is 23.1. The normalized spacial score (nSPS) is 21.5. The molecule has 2 aliphatic heterocycles. The second-order valence-electron chi connectivity index (χ2n) is 9.03. The van der Waals surface area contributed by atoms with E-state index in [0.717, 1.165) is 36.3 Å². The number of hydrogen-bond donors (Lipinski definition) is 0. The highest BCUT2D eigenvalue weighted by atomic mass is 16.7. The van der Waals surface area contributed by atoms with Gasteiger partial charge in [-0.25, -0.2) is 9.96 Å². The molecule has 0 aliphatic carbocycles. The van der Waals surface area contributed by atoms with Crippen molar-refractivity contribution in [2.75, 3.05) is 16.6 Å². The van der Waals surface area contributed by atoms with Gasteiger partial charge in [-0.3, -0.25) is 14.4 Å². The smallest absolute Gasteiger partial charge is 0.266 e. The molecule has 6 nitrogen and oxygen atoms in total. The number of imide groups is 1. The standard InChI is InChI=1S/C29H30N2O4/c1-2-3-10-19-34-24-17-15-22(16-18-24)30-28(32)26-25(20-21-11-6-4-7-12-21)31(35-27(26)29(30)33)23-13-8-5-9-14-23/h4-9,11-18,25-27H,2-3,10,19-20H2,1H3/t25-,26-,27+/m1/s1. The first-order valence-electron chi connectivity index (χ1n) is 12.3. The number of nitrogens with zero attached hydrogens (tertiary/aromatic N) is 2. The number of fused-ring (bicyclic) bond motifs is 1. The summed E-state index contributed by atoms with van der Waals surface area (Å²) < 4.78 is 5.78. The van der Waals surface area contributed by atoms with Gasteiger partial charge < -0.3 is 4.74 Å². The van der Waals surface area contributed by atoms with Crippen LogP contribution in [0.4, 0.5) is 11.4 Å². The molecule has 0 saturated carbocycles. The van der Waals surface area contributed by atoms with Gasteiger partial charge in [0.1, 0.15) is 11.7 Å². The third-order valence-electron chi connectivity index (χ3n) is 6.65. The molecule has 0 aromatic heterocycles. The Morgan fingerprint density at radius 3 is 2.17 bits per heavy atom. The number of carbonyl (C=O) groups excluding carboxylic acids is 2. The zero-order valence-corrected chi connectivity index (χ0v) is 19.9. The third-order valence-corrected chi connectivity index (χ3v) is 6.65. The van der Waals surface area contributed by atoms with Crippen molar-refractivity contribution in [1.82, 2.24) is 0 Å². The predicted octanol–water partition coefficient (Wildman–Crippen LogP) is 5.18. The van der Waals surface area contributed by atoms with Crippen LogP contribution in [0.2, 0.25) is 0 Å². The number of carbonyl (C=O) groups is 2. The van der Waals surface area contributed by atoms with E-state index < -0.39 is 12.0 Å². The molecule has 2 fully saturated rings. The number of unbranched alkanes of at least 4 members (excludes halogenated alkanes) is 2. The van der Waals surface area contributed by atoms with E-state index in [0.29, 0.717) is 18.7 Å². The Balaban J connectivity index is 1.38. The Hall–Kier alpha value is -3.64. The topological polar surface area (TPSA) is 59.1 Å². The number of hydroxylamine groups is 1. The van der Waals surface area contributed by atoms with Gasteiger partial charge >= 0.3 is 0 Å². The molecule has 35 heavy (non-hydrogen) atoms. The monoisotopic (exact) mass is 470 g/mol. The lowest BCUT2D eigenvalue weighted by Gasteiger charge is -2.28. The number of benzene rings is 3. The molecule has 3 aromatic rings. The molecule has 6 heteroatoms. The van der Waals surface area contributed by atoms with E-state index in [9.17, 15) is 9.59 Å². The lowest BCUT2D eigenvalue weighted by Crippen LogP contribution is -2.41. The van der Waals surface area contributed by atoms with Crippen molar-refractivity contribution in [3.05, 3.63) is 90.5 Å². The molecule has 2 saturated heterocycles. The van der Waals surface area contributed by atoms with E-state index in [-0.39, 0.29) is 17.9 Å². The van der Waals surface area contributed by atoms with Crippen molar-refractivity contribution in [1.29, 1.82) is 0 Å². The fourth-order valence-electron chi connectivity index (χ4n) is 4.87. The molecule has 3 atom stereocenters. The van der Waals surface area contributed by atoms with Crippen LogP contribution in [-0.2, 0) is 20.8 Å². The van der Waals surface area contributed by atoms with Gasteiger partial charge in [0.2, 0.25) is 5.91 Å². The van der Waals surface area contributed by atoms with Crippen LogP contribution in [0, 0.1) is 5.92 Å². The number of anilines is 2. The molecule has 2 amide bonds. The van der Waals surface area contributed by atoms with E-state index in [2.05, 4.69) is 6.92 Å². The van der Waals surface area contributed by atoms with Crippen LogP contribution in [0.5, 0.6) is 5.75 Å². The molecule has 3 aromatic carbocycles. The maximum atomic E-state index is 13.7. The minimum absolute atomic E-state index is 0.226. The molecule has 2 heterocycles. The number of hydrogen-bond acceptors (Lipinski definition) is 5. The van der Waals surface area contributed by atoms with Gasteiger partial charge in [0.05, 0.1) is 24.0 Å². The maximum absolute atomic E-state index is 13.7. The second kappa shape index (κ2) is 10.3. The summed E-state index contributed by atoms with van der Waals surface area (Å²) in [7, 11) is 0. The Morgan fingerprint density at radius 1 is 0.800 bits per heavy atom. The van der Waals surface area contributed by atoms with Gasteiger partial charge in [-0.2, -0.15) is 0 Å². The van der Waals surface area contributed by atoms with Gasteiger partial charge in [-0.05, 0) is 54.8 Å². The minimum Gasteiger partial charge on any atom is -0.494 e. The zero-order chi connectivity index (χ0) is 24.2. The van der Waals surface area contributed by atoms with Crippen LogP contribution < -0.4 is 14.7 Å². The van der Waals surface area contributed by atoms with Crippen LogP contribution in [0.15, 0.2) is 84.9 Å². The third kappa shape index (κ3) is 4.66. The van der Waals surface area contributed by atoms with Crippen molar-refractivity contribution in [2.45, 2.75) is 44.8 Å². The largest absolute Gasteiger partial charge is 0.494 e. The minimum atomic E-state index is -0.846. The Labute approximate surface area is 206 Å². The molecule has 180 valence electrons. The van der Waals surface area contributed by atoms with E-state index in [1.54, 1.807) is 17.2 Å². The molecule has 0 radical (unpaired) electrons. The zero-order valence-electron chi connectivity index (χ0n) is 19.9. The van der Waals surface area contributed by atoms with E-state index >= 15 is 0 Å². The average molecular weight is 471 g/mol. The molecule has 2 aliphatic rings. The van der Waals surface area contributed by atoms with Crippen molar-refractivity contribution in [3.63, 3.8) is 0 Å². The van der Waals surface area contributed by atoms with Crippen molar-refractivity contribution in [3.8, 4) is 5.75 Å². The number of para-hydroxylation sites is 1. The SMILES string of the molecule is CCCCCOc1ccc(N2C(=O)[C@H]3[C@H](ON(c4ccccc4)[C@@H]3Cc3ccccc3)C2=O)cc1. The maximum Gasteiger partial charge on any atom is 0.266 e. The highest BCUT2D eigenvalue weighted by molar-refractivity contribution is 6.23. The predicted molar refractivity (Wildman–Crippen MR) is 135 cm³/mol. The summed E-state index contributed by atoms with van der Waals surface area (Å²) in [6.45, 7) is 2.81. The summed E-state index contributed by atoms with van der Waals surface area (Å²) in [4.78, 5) is 34.6. The van der Waals surface area contributed by atoms with Crippen molar-refractivity contribution >= 4 is 23.2 Å². The van der Waals surface area contributed by atoms with Gasteiger partial charge in [0, 0.05) is 0 Å². The average Bonchev–Trinajstić information content (AvgIpc) is 3.38. The summed E-state index contributed by atoms with van der Waals surface area (Å²) in [6.07, 6.45) is 3.01. The summed E-state index contributed by atoms with van der Waals surface area (Å²) >= 11 is 0. The second-order valence-corrected chi connectivity index (χ2v) is 9.03. The number of ether oxygens (including phenoxy) is 1. The lowest BCUT2D eigenvalue weighted by atomic mass is 9.91. The van der Waals surface area contributed by atoms with Crippen LogP contribution in [0.3, 0.4) is 0 Å². The first-order chi connectivity index (χ1) is 17.2. The Bertz CT molecular complexity index is 1150. The van der Waals surface area contributed by atoms with Crippen LogP contribution in [0.25, 0.3) is 0 Å². The summed E-state index contributed by atoms with van der Waals surface area (Å²) in [5.41, 5.74) is 2.47. The van der Waals surface area contributed by atoms with Crippen molar-refractivity contribution in [2.24, 2.45) is 5.92 Å². The molecule has 0 N–H and O–H groups in total. The summed E-state index contributed by atoms with van der Waals surface area (Å²) in [5, 5.41) is 1.75. The quantitative estimate of drug-likeness (QED) is 0.319. The van der Waals surface area contributed by atoms with Crippen LogP contribution >= 0.6 is 0 Å². The van der Waals surface area contributed by atoms with Gasteiger partial charge in [-0.1, -0.05) is 68.3 Å². The highest BCUT2D eigenvalue weighted by Crippen LogP contribution is 2.41. The Morgan fingerprint density at radius 2 is 1.49 bits per heavy atom. The summed E-state index contributed by atoms with van der Waals surface area (Å²) in [5.74, 6) is -0.408. The molecular weight excluding hydrogens is 440 g/mol. The molecule has 0 unspecified atom stereocenters.